The van der Waals surface area contributed by atoms with Crippen molar-refractivity contribution in [2.75, 3.05) is 38.4 Å². The van der Waals surface area contributed by atoms with Crippen molar-refractivity contribution in [2.45, 2.75) is 78.6 Å². The molecule has 3 heterocycles. The Labute approximate surface area is 331 Å². The van der Waals surface area contributed by atoms with Crippen molar-refractivity contribution >= 4 is 51.7 Å². The van der Waals surface area contributed by atoms with E-state index in [-0.39, 0.29) is 42.2 Å². The molecule has 57 heavy (non-hydrogen) atoms. The van der Waals surface area contributed by atoms with Gasteiger partial charge < -0.3 is 46.4 Å². The molecule has 0 aliphatic rings. The minimum atomic E-state index is -0.648. The molecule has 1 unspecified atom stereocenters. The zero-order valence-electron chi connectivity index (χ0n) is 33.4. The maximum absolute atomic E-state index is 13.5. The first-order valence-corrected chi connectivity index (χ1v) is 19.0. The van der Waals surface area contributed by atoms with Crippen molar-refractivity contribution < 1.29 is 23.9 Å². The van der Waals surface area contributed by atoms with Gasteiger partial charge in [0.15, 0.2) is 0 Å². The molecule has 0 bridgehead atoms. The highest BCUT2D eigenvalue weighted by molar-refractivity contribution is 6.04. The number of nitrogens with one attached hydrogen (secondary N) is 1. The average Bonchev–Trinajstić information content (AvgIpc) is 3.85. The van der Waals surface area contributed by atoms with E-state index in [4.69, 9.17) is 32.4 Å². The number of primary amides is 2. The minimum absolute atomic E-state index is 0.102. The number of nitrogen functional groups attached to an aromatic ring is 1. The zero-order chi connectivity index (χ0) is 41.4. The molecule has 17 heteroatoms. The number of anilines is 2. The second-order valence-corrected chi connectivity index (χ2v) is 13.9. The zero-order valence-corrected chi connectivity index (χ0v) is 33.4. The highest BCUT2D eigenvalue weighted by Crippen LogP contribution is 2.32. The van der Waals surface area contributed by atoms with Gasteiger partial charge in [0.05, 0.1) is 30.4 Å². The molecule has 1 atom stereocenters. The number of rotatable bonds is 21. The van der Waals surface area contributed by atoms with Crippen LogP contribution in [0.4, 0.5) is 11.9 Å². The lowest BCUT2D eigenvalue weighted by molar-refractivity contribution is 0.0991. The van der Waals surface area contributed by atoms with Crippen LogP contribution in [0, 0.1) is 6.92 Å². The van der Waals surface area contributed by atoms with Crippen molar-refractivity contribution in [3.05, 3.63) is 77.3 Å². The number of fused-ring (bicyclic) bond motifs is 2. The number of carbonyl (C=O) groups excluding carboxylic acids is 3. The number of allylic oxidation sites excluding steroid dienone is 2. The van der Waals surface area contributed by atoms with Gasteiger partial charge in [-0.25, -0.2) is 9.97 Å². The summed E-state index contributed by atoms with van der Waals surface area (Å²) in [5.74, 6) is -0.487. The van der Waals surface area contributed by atoms with E-state index in [2.05, 4.69) is 38.8 Å². The van der Waals surface area contributed by atoms with Crippen molar-refractivity contribution in [3.8, 4) is 11.5 Å². The number of likely N-dealkylation sites (N-methyl/N-ethyl adjacent to an activating group) is 1. The number of amides is 3. The largest absolute Gasteiger partial charge is 0.494 e. The van der Waals surface area contributed by atoms with E-state index in [1.807, 2.05) is 33.0 Å². The third-order valence-electron chi connectivity index (χ3n) is 9.77. The number of aryl methyl sites for hydroxylation is 2. The summed E-state index contributed by atoms with van der Waals surface area (Å²) in [7, 11) is 3.44. The summed E-state index contributed by atoms with van der Waals surface area (Å²) < 4.78 is 17.1. The number of hydrogen-bond acceptors (Lipinski definition) is 11. The Kier molecular flexibility index (Phi) is 13.6. The highest BCUT2D eigenvalue weighted by Gasteiger charge is 2.22. The fourth-order valence-corrected chi connectivity index (χ4v) is 6.67. The van der Waals surface area contributed by atoms with E-state index in [9.17, 15) is 14.4 Å². The maximum atomic E-state index is 13.5. The Hall–Kier alpha value is -6.36. The Morgan fingerprint density at radius 1 is 0.930 bits per heavy atom. The van der Waals surface area contributed by atoms with Gasteiger partial charge in [0.25, 0.3) is 5.91 Å². The molecule has 9 N–H and O–H groups in total. The smallest absolute Gasteiger partial charge is 0.276 e. The topological polar surface area (TPSA) is 242 Å². The third kappa shape index (κ3) is 9.55. The molecule has 3 amide bonds. The minimum Gasteiger partial charge on any atom is -0.494 e. The predicted molar refractivity (Wildman–Crippen MR) is 221 cm³/mol. The Balaban J connectivity index is 1.39. The van der Waals surface area contributed by atoms with Crippen LogP contribution in [-0.2, 0) is 19.6 Å². The summed E-state index contributed by atoms with van der Waals surface area (Å²) in [4.78, 5) is 49.1. The molecule has 5 rings (SSSR count). The van der Waals surface area contributed by atoms with Crippen molar-refractivity contribution in [2.24, 2.45) is 17.2 Å². The molecule has 3 aromatic heterocycles. The van der Waals surface area contributed by atoms with Gasteiger partial charge in [-0.1, -0.05) is 44.9 Å². The van der Waals surface area contributed by atoms with Crippen LogP contribution in [0.5, 0.6) is 11.5 Å². The number of ether oxygens (including phenoxy) is 2. The fraction of sp³-hybridized carbons (Fsp3) is 0.400. The van der Waals surface area contributed by atoms with Crippen molar-refractivity contribution in [1.82, 2.24) is 33.8 Å². The van der Waals surface area contributed by atoms with Gasteiger partial charge in [0, 0.05) is 56.1 Å². The Bertz CT molecular complexity index is 2300. The maximum Gasteiger partial charge on any atom is 0.276 e. The SMILES string of the molecule is C=C(C(N)CCCCC)N(C)CCCOc1cc(C(N)=O)cc2nc(N)n(C/C=C/Cn3c(NC(=O)c4cc(C)nn4CC)nc4cc(C(N)=O)cc(OC)c43)c12. The molecular weight excluding hydrogens is 729 g/mol. The van der Waals surface area contributed by atoms with E-state index in [1.165, 1.54) is 13.2 Å². The number of unbranched alkanes of at least 4 members (excludes halogenated alkanes) is 2. The molecule has 0 saturated heterocycles. The summed E-state index contributed by atoms with van der Waals surface area (Å²) in [5.41, 5.74) is 28.5. The number of aromatic nitrogens is 6. The van der Waals surface area contributed by atoms with E-state index >= 15 is 0 Å². The molecule has 0 spiro atoms. The molecule has 0 aliphatic heterocycles. The summed E-state index contributed by atoms with van der Waals surface area (Å²) in [6.07, 6.45) is 8.63. The molecule has 5 aromatic rings. The number of benzene rings is 2. The third-order valence-corrected chi connectivity index (χ3v) is 9.77. The van der Waals surface area contributed by atoms with Gasteiger partial charge in [-0.3, -0.25) is 24.4 Å². The number of nitrogens with zero attached hydrogens (tertiary/aromatic N) is 7. The summed E-state index contributed by atoms with van der Waals surface area (Å²) in [6.45, 7) is 12.1. The standard InChI is InChI=1S/C40H54N12O5/c1-7-9-10-14-28(41)25(4)49(5)15-13-18-57-33-23-27(37(43)54)20-29-35(33)50(39(44)45-29)16-11-12-17-51-34-30(21-26(36(42)53)22-32(34)56-6)46-40(51)47-38(55)31-19-24(3)48-52(31)8-2/h11-12,19-23,28H,4,7-10,13-18,41H2,1-3,5-6H3,(H2,42,53)(H2,43,54)(H2,44,45)(H,46,47,55)/b12-11+. The molecule has 17 nitrogen and oxygen atoms in total. The van der Waals surface area contributed by atoms with Gasteiger partial charge in [0.1, 0.15) is 28.2 Å². The lowest BCUT2D eigenvalue weighted by Gasteiger charge is -2.26. The van der Waals surface area contributed by atoms with Gasteiger partial charge in [-0.15, -0.1) is 0 Å². The second kappa shape index (κ2) is 18.5. The molecular formula is C40H54N12O5. The summed E-state index contributed by atoms with van der Waals surface area (Å²) in [6, 6.07) is 7.87. The van der Waals surface area contributed by atoms with E-state index in [0.29, 0.717) is 71.1 Å². The molecule has 0 saturated carbocycles. The first-order valence-electron chi connectivity index (χ1n) is 19.0. The summed E-state index contributed by atoms with van der Waals surface area (Å²) >= 11 is 0. The number of methoxy groups -OCH3 is 1. The van der Waals surface area contributed by atoms with E-state index in [1.54, 1.807) is 38.1 Å². The van der Waals surface area contributed by atoms with Crippen molar-refractivity contribution in [1.29, 1.82) is 0 Å². The van der Waals surface area contributed by atoms with Crippen LogP contribution in [0.25, 0.3) is 22.1 Å². The number of carbonyl (C=O) groups is 3. The lowest BCUT2D eigenvalue weighted by atomic mass is 10.1. The van der Waals surface area contributed by atoms with Crippen LogP contribution in [0.1, 0.15) is 82.8 Å². The lowest BCUT2D eigenvalue weighted by Crippen LogP contribution is -2.33. The average molecular weight is 783 g/mol. The normalized spacial score (nSPS) is 12.0. The van der Waals surface area contributed by atoms with Crippen LogP contribution in [0.15, 0.2) is 54.8 Å². The molecule has 0 fully saturated rings. The van der Waals surface area contributed by atoms with Crippen LogP contribution in [0.2, 0.25) is 0 Å². The molecule has 0 radical (unpaired) electrons. The van der Waals surface area contributed by atoms with Gasteiger partial charge in [-0.05, 0) is 57.0 Å². The molecule has 304 valence electrons. The summed E-state index contributed by atoms with van der Waals surface area (Å²) in [5, 5.41) is 7.30. The highest BCUT2D eigenvalue weighted by atomic mass is 16.5. The monoisotopic (exact) mass is 782 g/mol. The Morgan fingerprint density at radius 3 is 2.19 bits per heavy atom. The fourth-order valence-electron chi connectivity index (χ4n) is 6.67. The van der Waals surface area contributed by atoms with E-state index in [0.717, 1.165) is 31.4 Å². The Morgan fingerprint density at radius 2 is 1.56 bits per heavy atom. The number of nitrogens with two attached hydrogens (primary N) is 4. The van der Waals surface area contributed by atoms with Gasteiger partial charge >= 0.3 is 0 Å². The van der Waals surface area contributed by atoms with Gasteiger partial charge in [-0.2, -0.15) is 5.10 Å². The predicted octanol–water partition coefficient (Wildman–Crippen LogP) is 4.33. The number of imidazole rings is 2. The van der Waals surface area contributed by atoms with Crippen LogP contribution in [0.3, 0.4) is 0 Å². The molecule has 2 aromatic carbocycles. The first kappa shape index (κ1) is 41.8. The second-order valence-electron chi connectivity index (χ2n) is 13.9. The first-order chi connectivity index (χ1) is 27.3. The molecule has 0 aliphatic carbocycles. The quantitative estimate of drug-likeness (QED) is 0.0518. The van der Waals surface area contributed by atoms with Crippen LogP contribution in [-0.4, -0.2) is 84.9 Å². The number of hydrogen-bond donors (Lipinski definition) is 5. The van der Waals surface area contributed by atoms with Crippen LogP contribution >= 0.6 is 0 Å². The van der Waals surface area contributed by atoms with E-state index < -0.39 is 17.7 Å². The van der Waals surface area contributed by atoms with Crippen molar-refractivity contribution in [3.63, 3.8) is 0 Å². The van der Waals surface area contributed by atoms with Gasteiger partial charge in [0.2, 0.25) is 23.7 Å². The van der Waals surface area contributed by atoms with Crippen LogP contribution < -0.4 is 37.7 Å².